The summed E-state index contributed by atoms with van der Waals surface area (Å²) in [7, 11) is 0. The molecule has 1 saturated heterocycles. The number of nitrogens with zero attached hydrogens (tertiary/aromatic N) is 4. The van der Waals surface area contributed by atoms with Crippen molar-refractivity contribution in [2.75, 3.05) is 31.2 Å². The molecule has 0 spiro atoms. The van der Waals surface area contributed by atoms with Crippen molar-refractivity contribution in [1.29, 1.82) is 0 Å². The summed E-state index contributed by atoms with van der Waals surface area (Å²) in [6.45, 7) is 3.25. The summed E-state index contributed by atoms with van der Waals surface area (Å²) < 4.78 is 5.39. The Hall–Kier alpha value is -2.47. The van der Waals surface area contributed by atoms with Crippen LogP contribution in [0.15, 0.2) is 36.5 Å². The monoisotopic (exact) mass is 281 g/mol. The van der Waals surface area contributed by atoms with Crippen LogP contribution in [-0.2, 0) is 4.74 Å². The quantitative estimate of drug-likeness (QED) is 0.776. The van der Waals surface area contributed by atoms with E-state index >= 15 is 0 Å². The van der Waals surface area contributed by atoms with Gasteiger partial charge in [0.1, 0.15) is 11.5 Å². The van der Waals surface area contributed by atoms with Gasteiger partial charge in [-0.15, -0.1) is 0 Å². The molecule has 0 radical (unpaired) electrons. The molecule has 4 rings (SSSR count). The zero-order valence-electron chi connectivity index (χ0n) is 11.5. The first kappa shape index (κ1) is 12.3. The van der Waals surface area contributed by atoms with Gasteiger partial charge in [0.05, 0.1) is 18.9 Å². The Morgan fingerprint density at radius 1 is 1.10 bits per heavy atom. The highest BCUT2D eigenvalue weighted by Crippen LogP contribution is 2.25. The van der Waals surface area contributed by atoms with Crippen LogP contribution in [0.2, 0.25) is 0 Å². The maximum Gasteiger partial charge on any atom is 0.155 e. The number of nitrogens with one attached hydrogen (secondary N) is 1. The molecule has 1 N–H and O–H groups in total. The smallest absolute Gasteiger partial charge is 0.155 e. The Morgan fingerprint density at radius 3 is 2.90 bits per heavy atom. The SMILES string of the molecule is c1cc(-c2n[nH]c3ncccc23)nc(N2CCOCC2)c1. The van der Waals surface area contributed by atoms with Gasteiger partial charge in [-0.25, -0.2) is 9.97 Å². The normalized spacial score (nSPS) is 15.5. The van der Waals surface area contributed by atoms with Gasteiger partial charge in [-0.2, -0.15) is 5.10 Å². The van der Waals surface area contributed by atoms with Crippen LogP contribution in [0.5, 0.6) is 0 Å². The number of hydrogen-bond donors (Lipinski definition) is 1. The van der Waals surface area contributed by atoms with Crippen LogP contribution in [-0.4, -0.2) is 46.5 Å². The summed E-state index contributed by atoms with van der Waals surface area (Å²) in [4.78, 5) is 11.3. The van der Waals surface area contributed by atoms with Crippen molar-refractivity contribution in [1.82, 2.24) is 20.2 Å². The van der Waals surface area contributed by atoms with Crippen LogP contribution in [0.1, 0.15) is 0 Å². The molecule has 0 aromatic carbocycles. The minimum absolute atomic E-state index is 0.751. The van der Waals surface area contributed by atoms with E-state index in [9.17, 15) is 0 Å². The van der Waals surface area contributed by atoms with E-state index in [0.29, 0.717) is 0 Å². The van der Waals surface area contributed by atoms with Gasteiger partial charge in [-0.3, -0.25) is 5.10 Å². The fourth-order valence-corrected chi connectivity index (χ4v) is 2.57. The van der Waals surface area contributed by atoms with Crippen molar-refractivity contribution in [3.63, 3.8) is 0 Å². The number of aromatic amines is 1. The summed E-state index contributed by atoms with van der Waals surface area (Å²) in [5, 5.41) is 8.30. The second kappa shape index (κ2) is 5.14. The largest absolute Gasteiger partial charge is 0.378 e. The van der Waals surface area contributed by atoms with E-state index < -0.39 is 0 Å². The number of pyridine rings is 2. The molecule has 4 heterocycles. The molecular formula is C15H15N5O. The van der Waals surface area contributed by atoms with Crippen molar-refractivity contribution in [2.45, 2.75) is 0 Å². The third-order valence-electron chi connectivity index (χ3n) is 3.65. The Balaban J connectivity index is 1.75. The lowest BCUT2D eigenvalue weighted by Gasteiger charge is -2.27. The molecule has 106 valence electrons. The first-order valence-electron chi connectivity index (χ1n) is 7.01. The van der Waals surface area contributed by atoms with Crippen molar-refractivity contribution in [3.8, 4) is 11.4 Å². The van der Waals surface area contributed by atoms with Gasteiger partial charge >= 0.3 is 0 Å². The van der Waals surface area contributed by atoms with E-state index in [1.807, 2.05) is 30.3 Å². The second-order valence-corrected chi connectivity index (χ2v) is 4.95. The van der Waals surface area contributed by atoms with Crippen LogP contribution < -0.4 is 4.90 Å². The van der Waals surface area contributed by atoms with E-state index in [1.165, 1.54) is 0 Å². The fraction of sp³-hybridized carbons (Fsp3) is 0.267. The lowest BCUT2D eigenvalue weighted by Crippen LogP contribution is -2.36. The summed E-state index contributed by atoms with van der Waals surface area (Å²) in [5.74, 6) is 0.968. The Kier molecular flexibility index (Phi) is 3.01. The average molecular weight is 281 g/mol. The van der Waals surface area contributed by atoms with Gasteiger partial charge in [-0.1, -0.05) is 6.07 Å². The number of ether oxygens (including phenoxy) is 1. The molecule has 1 aliphatic rings. The highest BCUT2D eigenvalue weighted by atomic mass is 16.5. The van der Waals surface area contributed by atoms with Gasteiger partial charge in [-0.05, 0) is 24.3 Å². The first-order chi connectivity index (χ1) is 10.4. The van der Waals surface area contributed by atoms with Gasteiger partial charge < -0.3 is 9.64 Å². The van der Waals surface area contributed by atoms with Crippen LogP contribution in [0.25, 0.3) is 22.4 Å². The zero-order valence-corrected chi connectivity index (χ0v) is 11.5. The number of aromatic nitrogens is 4. The molecular weight excluding hydrogens is 266 g/mol. The van der Waals surface area contributed by atoms with Gasteiger partial charge in [0, 0.05) is 24.7 Å². The van der Waals surface area contributed by atoms with E-state index in [2.05, 4.69) is 20.1 Å². The molecule has 0 bridgehead atoms. The predicted molar refractivity (Wildman–Crippen MR) is 80.2 cm³/mol. The molecule has 1 fully saturated rings. The molecule has 0 unspecified atom stereocenters. The Labute approximate surface area is 121 Å². The molecule has 6 nitrogen and oxygen atoms in total. The number of hydrogen-bond acceptors (Lipinski definition) is 5. The number of morpholine rings is 1. The van der Waals surface area contributed by atoms with Gasteiger partial charge in [0.25, 0.3) is 0 Å². The van der Waals surface area contributed by atoms with Crippen molar-refractivity contribution in [3.05, 3.63) is 36.5 Å². The molecule has 21 heavy (non-hydrogen) atoms. The highest BCUT2D eigenvalue weighted by Gasteiger charge is 2.15. The molecule has 0 atom stereocenters. The van der Waals surface area contributed by atoms with E-state index in [-0.39, 0.29) is 0 Å². The zero-order chi connectivity index (χ0) is 14.1. The minimum atomic E-state index is 0.751. The standard InChI is InChI=1S/C15H15N5O/c1-4-12(14-11-3-2-6-16-15(11)19-18-14)17-13(5-1)20-7-9-21-10-8-20/h1-6H,7-10H2,(H,16,18,19). The van der Waals surface area contributed by atoms with Crippen molar-refractivity contribution >= 4 is 16.9 Å². The molecule has 1 aliphatic heterocycles. The molecule has 0 amide bonds. The second-order valence-electron chi connectivity index (χ2n) is 4.95. The van der Waals surface area contributed by atoms with Crippen molar-refractivity contribution < 1.29 is 4.74 Å². The van der Waals surface area contributed by atoms with Crippen LogP contribution >= 0.6 is 0 Å². The van der Waals surface area contributed by atoms with Crippen LogP contribution in [0, 0.1) is 0 Å². The Morgan fingerprint density at radius 2 is 2.00 bits per heavy atom. The number of H-pyrrole nitrogens is 1. The number of fused-ring (bicyclic) bond motifs is 1. The fourth-order valence-electron chi connectivity index (χ4n) is 2.57. The van der Waals surface area contributed by atoms with E-state index in [4.69, 9.17) is 9.72 Å². The molecule has 3 aromatic rings. The van der Waals surface area contributed by atoms with Crippen molar-refractivity contribution in [2.24, 2.45) is 0 Å². The summed E-state index contributed by atoms with van der Waals surface area (Å²) in [5.41, 5.74) is 2.48. The molecule has 0 saturated carbocycles. The summed E-state index contributed by atoms with van der Waals surface area (Å²) >= 11 is 0. The maximum atomic E-state index is 5.39. The van der Waals surface area contributed by atoms with Crippen LogP contribution in [0.4, 0.5) is 5.82 Å². The third kappa shape index (κ3) is 2.23. The maximum absolute atomic E-state index is 5.39. The van der Waals surface area contributed by atoms with E-state index in [0.717, 1.165) is 54.5 Å². The predicted octanol–water partition coefficient (Wildman–Crippen LogP) is 1.86. The molecule has 0 aliphatic carbocycles. The summed E-state index contributed by atoms with van der Waals surface area (Å²) in [6, 6.07) is 9.94. The number of anilines is 1. The average Bonchev–Trinajstić information content (AvgIpc) is 3.00. The van der Waals surface area contributed by atoms with Gasteiger partial charge in [0.2, 0.25) is 0 Å². The topological polar surface area (TPSA) is 66.9 Å². The first-order valence-corrected chi connectivity index (χ1v) is 7.01. The highest BCUT2D eigenvalue weighted by molar-refractivity contribution is 5.89. The molecule has 6 heteroatoms. The van der Waals surface area contributed by atoms with Gasteiger partial charge in [0.15, 0.2) is 5.65 Å². The van der Waals surface area contributed by atoms with E-state index in [1.54, 1.807) is 6.20 Å². The Bertz CT molecular complexity index is 763. The molecule has 3 aromatic heterocycles. The lowest BCUT2D eigenvalue weighted by atomic mass is 10.2. The third-order valence-corrected chi connectivity index (χ3v) is 3.65. The number of rotatable bonds is 2. The summed E-state index contributed by atoms with van der Waals surface area (Å²) in [6.07, 6.45) is 1.75. The minimum Gasteiger partial charge on any atom is -0.378 e. The van der Waals surface area contributed by atoms with Crippen LogP contribution in [0.3, 0.4) is 0 Å². The lowest BCUT2D eigenvalue weighted by molar-refractivity contribution is 0.122.